The van der Waals surface area contributed by atoms with E-state index in [1.807, 2.05) is 25.1 Å². The second-order valence-corrected chi connectivity index (χ2v) is 3.53. The van der Waals surface area contributed by atoms with E-state index in [4.69, 9.17) is 0 Å². The van der Waals surface area contributed by atoms with Gasteiger partial charge in [0.05, 0.1) is 5.69 Å². The Labute approximate surface area is 109 Å². The molecule has 1 nitrogen and oxygen atoms in total. The molecule has 0 N–H and O–H groups in total. The Morgan fingerprint density at radius 3 is 2.12 bits per heavy atom. The van der Waals surface area contributed by atoms with E-state index in [0.717, 1.165) is 11.4 Å². The Hall–Kier alpha value is -0.821. The van der Waals surface area contributed by atoms with Gasteiger partial charge in [0, 0.05) is 11.3 Å². The Bertz CT molecular complexity index is 440. The van der Waals surface area contributed by atoms with Crippen LogP contribution in [-0.2, 0) is 15.1 Å². The fourth-order valence-electron chi connectivity index (χ4n) is 1.43. The summed E-state index contributed by atoms with van der Waals surface area (Å²) in [5.41, 5.74) is 4.56. The van der Waals surface area contributed by atoms with Gasteiger partial charge in [-0.05, 0) is 26.0 Å². The first kappa shape index (κ1) is 13.2. The predicted octanol–water partition coefficient (Wildman–Crippen LogP) is 4.05. The van der Waals surface area contributed by atoms with Crippen molar-refractivity contribution >= 4 is 10.1 Å². The predicted molar refractivity (Wildman–Crippen MR) is 65.0 cm³/mol. The van der Waals surface area contributed by atoms with Crippen molar-refractivity contribution in [3.63, 3.8) is 0 Å². The van der Waals surface area contributed by atoms with Gasteiger partial charge in [-0.15, -0.1) is 0 Å². The van der Waals surface area contributed by atoms with Gasteiger partial charge in [0.1, 0.15) is 0 Å². The van der Waals surface area contributed by atoms with Gasteiger partial charge in [0.2, 0.25) is 0 Å². The van der Waals surface area contributed by atoms with Gasteiger partial charge in [0.25, 0.3) is 0 Å². The van der Waals surface area contributed by atoms with Crippen LogP contribution < -0.4 is 0 Å². The van der Waals surface area contributed by atoms with Crippen LogP contribution in [-0.4, -0.2) is 4.98 Å². The molecule has 2 aromatic rings. The van der Waals surface area contributed by atoms with Crippen molar-refractivity contribution in [3.8, 4) is 11.3 Å². The third kappa shape index (κ3) is 3.64. The number of hydrogen-bond acceptors (Lipinski definition) is 1. The third-order valence-electron chi connectivity index (χ3n) is 2.24. The number of aryl methyl sites for hydroxylation is 2. The van der Waals surface area contributed by atoms with Gasteiger partial charge >= 0.3 is 25.2 Å². The van der Waals surface area contributed by atoms with Gasteiger partial charge in [-0.1, -0.05) is 35.9 Å². The molecule has 0 amide bonds. The summed E-state index contributed by atoms with van der Waals surface area (Å²) >= 11 is 3.66. The standard InChI is InChI=1S/C13H13N.ClH.Cu/c1-10-6-8-12(9-7-10)13-5-3-4-11(2)14-13;;/h3-9H,1-2H3;1H;/q;;+1/p-1. The van der Waals surface area contributed by atoms with Gasteiger partial charge < -0.3 is 0 Å². The molecule has 0 aliphatic heterocycles. The molecule has 0 fully saturated rings. The van der Waals surface area contributed by atoms with Crippen LogP contribution in [0.15, 0.2) is 42.5 Å². The SMILES string of the molecule is Cc1ccc(-c2cccc(C)n2)cc1.[Cl][Cu]. The Balaban J connectivity index is 0.000000606. The van der Waals surface area contributed by atoms with Crippen LogP contribution in [0.4, 0.5) is 0 Å². The Morgan fingerprint density at radius 2 is 1.56 bits per heavy atom. The fourth-order valence-corrected chi connectivity index (χ4v) is 1.43. The average Bonchev–Trinajstić information content (AvgIpc) is 2.32. The van der Waals surface area contributed by atoms with E-state index < -0.39 is 0 Å². The van der Waals surface area contributed by atoms with Crippen LogP contribution in [0.25, 0.3) is 11.3 Å². The molecular weight excluding hydrogens is 269 g/mol. The molecule has 0 unspecified atom stereocenters. The molecule has 1 aromatic heterocycles. The van der Waals surface area contributed by atoms with E-state index in [1.54, 1.807) is 0 Å². The van der Waals surface area contributed by atoms with Crippen molar-refractivity contribution in [1.82, 2.24) is 4.98 Å². The molecule has 1 heterocycles. The second-order valence-electron chi connectivity index (χ2n) is 3.53. The number of pyridine rings is 1. The van der Waals surface area contributed by atoms with Crippen molar-refractivity contribution in [2.75, 3.05) is 0 Å². The zero-order chi connectivity index (χ0) is 12.0. The average molecular weight is 282 g/mol. The van der Waals surface area contributed by atoms with E-state index in [0.29, 0.717) is 0 Å². The number of rotatable bonds is 1. The normalized spacial score (nSPS) is 9.31. The molecule has 0 saturated carbocycles. The van der Waals surface area contributed by atoms with Gasteiger partial charge in [0.15, 0.2) is 0 Å². The summed E-state index contributed by atoms with van der Waals surface area (Å²) in [6.07, 6.45) is 0. The molecular formula is C13H13ClCuN. The minimum absolute atomic E-state index is 1.05. The molecule has 0 spiro atoms. The molecule has 0 atom stereocenters. The van der Waals surface area contributed by atoms with E-state index in [9.17, 15) is 0 Å². The second kappa shape index (κ2) is 6.70. The van der Waals surface area contributed by atoms with E-state index in [1.165, 1.54) is 11.1 Å². The molecule has 0 bridgehead atoms. The van der Waals surface area contributed by atoms with Crippen molar-refractivity contribution in [3.05, 3.63) is 53.7 Å². The first-order valence-electron chi connectivity index (χ1n) is 4.88. The third-order valence-corrected chi connectivity index (χ3v) is 2.24. The zero-order valence-corrected chi connectivity index (χ0v) is 10.9. The molecule has 1 aromatic carbocycles. The van der Waals surface area contributed by atoms with Gasteiger partial charge in [-0.3, -0.25) is 4.98 Å². The van der Waals surface area contributed by atoms with Crippen LogP contribution in [0, 0.1) is 13.8 Å². The first-order valence-corrected chi connectivity index (χ1v) is 6.17. The summed E-state index contributed by atoms with van der Waals surface area (Å²) in [7, 11) is 4.20. The van der Waals surface area contributed by atoms with Gasteiger partial charge in [-0.25, -0.2) is 0 Å². The van der Waals surface area contributed by atoms with Gasteiger partial charge in [-0.2, -0.15) is 0 Å². The molecule has 0 aliphatic rings. The summed E-state index contributed by atoms with van der Waals surface area (Å²) in [5.74, 6) is 0. The van der Waals surface area contributed by atoms with E-state index in [-0.39, 0.29) is 0 Å². The molecule has 88 valence electrons. The summed E-state index contributed by atoms with van der Waals surface area (Å²) in [6.45, 7) is 4.10. The Morgan fingerprint density at radius 1 is 0.938 bits per heavy atom. The number of nitrogens with zero attached hydrogens (tertiary/aromatic N) is 1. The van der Waals surface area contributed by atoms with E-state index >= 15 is 0 Å². The fraction of sp³-hybridized carbons (Fsp3) is 0.154. The van der Waals surface area contributed by atoms with Crippen LogP contribution in [0.1, 0.15) is 11.3 Å². The van der Waals surface area contributed by atoms with E-state index in [2.05, 4.69) is 61.4 Å². The van der Waals surface area contributed by atoms with Crippen molar-refractivity contribution < 1.29 is 15.1 Å². The maximum atomic E-state index is 4.47. The quantitative estimate of drug-likeness (QED) is 0.719. The molecule has 0 radical (unpaired) electrons. The number of hydrogen-bond donors (Lipinski definition) is 0. The van der Waals surface area contributed by atoms with Crippen LogP contribution in [0.5, 0.6) is 0 Å². The number of halogens is 1. The molecule has 16 heavy (non-hydrogen) atoms. The molecule has 2 rings (SSSR count). The van der Waals surface area contributed by atoms with Crippen molar-refractivity contribution in [1.29, 1.82) is 0 Å². The van der Waals surface area contributed by atoms with Crippen LogP contribution in [0.3, 0.4) is 0 Å². The zero-order valence-electron chi connectivity index (χ0n) is 9.17. The first-order chi connectivity index (χ1) is 7.75. The summed E-state index contributed by atoms with van der Waals surface area (Å²) in [4.78, 5) is 4.47. The monoisotopic (exact) mass is 281 g/mol. The molecule has 0 saturated heterocycles. The summed E-state index contributed by atoms with van der Waals surface area (Å²) in [5, 5.41) is 0. The minimum atomic E-state index is 1.05. The van der Waals surface area contributed by atoms with Crippen molar-refractivity contribution in [2.24, 2.45) is 0 Å². The molecule has 3 heteroatoms. The van der Waals surface area contributed by atoms with Crippen molar-refractivity contribution in [2.45, 2.75) is 13.8 Å². The topological polar surface area (TPSA) is 12.9 Å². The van der Waals surface area contributed by atoms with Crippen LogP contribution >= 0.6 is 10.1 Å². The maximum absolute atomic E-state index is 4.47. The number of benzene rings is 1. The number of aromatic nitrogens is 1. The summed E-state index contributed by atoms with van der Waals surface area (Å²) in [6, 6.07) is 14.5. The summed E-state index contributed by atoms with van der Waals surface area (Å²) < 4.78 is 0. The molecule has 0 aliphatic carbocycles. The van der Waals surface area contributed by atoms with Crippen LogP contribution in [0.2, 0.25) is 0 Å². The Kier molecular flexibility index (Phi) is 5.54.